The summed E-state index contributed by atoms with van der Waals surface area (Å²) in [5.74, 6) is 0.614. The van der Waals surface area contributed by atoms with Crippen LogP contribution in [0.15, 0.2) is 42.5 Å². The highest BCUT2D eigenvalue weighted by atomic mass is 16.5. The van der Waals surface area contributed by atoms with Gasteiger partial charge in [-0.3, -0.25) is 9.89 Å². The van der Waals surface area contributed by atoms with Crippen LogP contribution in [-0.4, -0.2) is 33.1 Å². The molecule has 0 saturated carbocycles. The molecule has 0 aliphatic rings. The smallest absolute Gasteiger partial charge is 0.197 e. The third kappa shape index (κ3) is 1.85. The molecule has 1 N–H and O–H groups in total. The van der Waals surface area contributed by atoms with Crippen LogP contribution < -0.4 is 4.74 Å². The lowest BCUT2D eigenvalue weighted by atomic mass is 10.2. The van der Waals surface area contributed by atoms with Gasteiger partial charge < -0.3 is 4.74 Å². The number of carbonyl (C=O) groups is 1. The maximum Gasteiger partial charge on any atom is 0.197 e. The van der Waals surface area contributed by atoms with Gasteiger partial charge in [0.2, 0.25) is 0 Å². The number of aromatic amines is 1. The topological polar surface area (TPSA) is 72.8 Å². The second-order valence-electron chi connectivity index (χ2n) is 4.91. The van der Waals surface area contributed by atoms with Gasteiger partial charge in [-0.1, -0.05) is 12.1 Å². The maximum absolute atomic E-state index is 11.1. The summed E-state index contributed by atoms with van der Waals surface area (Å²) in [4.78, 5) is 20.2. The molecule has 6 heteroatoms. The number of aldehydes is 1. The number of rotatable bonds is 3. The molecule has 0 aliphatic heterocycles. The lowest BCUT2D eigenvalue weighted by molar-refractivity contribution is 0.112. The zero-order chi connectivity index (χ0) is 15.1. The van der Waals surface area contributed by atoms with Crippen LogP contribution in [-0.2, 0) is 0 Å². The molecule has 6 nitrogen and oxygen atoms in total. The normalized spacial score (nSPS) is 11.1. The van der Waals surface area contributed by atoms with Gasteiger partial charge >= 0.3 is 0 Å². The van der Waals surface area contributed by atoms with E-state index in [-0.39, 0.29) is 0 Å². The first-order chi connectivity index (χ1) is 10.8. The van der Waals surface area contributed by atoms with E-state index >= 15 is 0 Å². The molecule has 0 aliphatic carbocycles. The van der Waals surface area contributed by atoms with E-state index in [4.69, 9.17) is 4.74 Å². The second-order valence-corrected chi connectivity index (χ2v) is 4.91. The standard InChI is InChI=1S/C16H12N4O2/c1-22-12-7-10(9-21)6-11(8-12)20-16-15(19-20)17-13-4-2-3-5-14(13)18-16/h2-9H,1H3,(H,17,19). The van der Waals surface area contributed by atoms with Gasteiger partial charge in [-0.25, -0.2) is 14.6 Å². The Balaban J connectivity index is 1.91. The van der Waals surface area contributed by atoms with Gasteiger partial charge in [-0.2, -0.15) is 0 Å². The molecular formula is C16H12N4O2. The minimum Gasteiger partial charge on any atom is -0.497 e. The molecule has 108 valence electrons. The quantitative estimate of drug-likeness (QED) is 0.589. The molecule has 22 heavy (non-hydrogen) atoms. The fourth-order valence-corrected chi connectivity index (χ4v) is 2.44. The monoisotopic (exact) mass is 292 g/mol. The van der Waals surface area contributed by atoms with Crippen LogP contribution in [0.5, 0.6) is 5.75 Å². The highest BCUT2D eigenvalue weighted by molar-refractivity contribution is 5.85. The predicted molar refractivity (Wildman–Crippen MR) is 82.7 cm³/mol. The number of benzene rings is 2. The van der Waals surface area contributed by atoms with E-state index in [9.17, 15) is 4.79 Å². The number of hydrogen-bond acceptors (Lipinski definition) is 4. The number of aromatic nitrogens is 4. The molecule has 0 radical (unpaired) electrons. The fraction of sp³-hybridized carbons (Fsp3) is 0.0625. The summed E-state index contributed by atoms with van der Waals surface area (Å²) in [5, 5.41) is 3.12. The van der Waals surface area contributed by atoms with Gasteiger partial charge in [0, 0.05) is 11.6 Å². The number of nitrogens with one attached hydrogen (secondary N) is 1. The molecule has 2 heterocycles. The molecule has 0 bridgehead atoms. The van der Waals surface area contributed by atoms with Crippen LogP contribution in [0.25, 0.3) is 28.0 Å². The van der Waals surface area contributed by atoms with Crippen LogP contribution in [0.3, 0.4) is 0 Å². The zero-order valence-corrected chi connectivity index (χ0v) is 11.8. The van der Waals surface area contributed by atoms with E-state index in [1.807, 2.05) is 30.3 Å². The number of para-hydroxylation sites is 2. The molecule has 0 unspecified atom stereocenters. The lowest BCUT2D eigenvalue weighted by Gasteiger charge is -2.16. The van der Waals surface area contributed by atoms with Gasteiger partial charge in [0.25, 0.3) is 0 Å². The van der Waals surface area contributed by atoms with Crippen LogP contribution in [0.1, 0.15) is 10.4 Å². The van der Waals surface area contributed by atoms with E-state index < -0.39 is 0 Å². The number of nitrogens with zero attached hydrogens (tertiary/aromatic N) is 3. The summed E-state index contributed by atoms with van der Waals surface area (Å²) in [6, 6.07) is 13.0. The van der Waals surface area contributed by atoms with Crippen molar-refractivity contribution in [3.05, 3.63) is 48.0 Å². The van der Waals surface area contributed by atoms with Crippen LogP contribution in [0.4, 0.5) is 0 Å². The van der Waals surface area contributed by atoms with Crippen molar-refractivity contribution in [2.24, 2.45) is 0 Å². The molecule has 2 aromatic heterocycles. The summed E-state index contributed by atoms with van der Waals surface area (Å²) in [7, 11) is 1.57. The predicted octanol–water partition coefficient (Wildman–Crippen LogP) is 2.72. The summed E-state index contributed by atoms with van der Waals surface area (Å²) < 4.78 is 7.01. The molecule has 0 saturated heterocycles. The van der Waals surface area contributed by atoms with Gasteiger partial charge in [0.1, 0.15) is 12.0 Å². The molecule has 0 amide bonds. The average Bonchev–Trinajstić information content (AvgIpc) is 2.56. The zero-order valence-electron chi connectivity index (χ0n) is 11.8. The van der Waals surface area contributed by atoms with Crippen LogP contribution >= 0.6 is 0 Å². The second kappa shape index (κ2) is 4.70. The first-order valence-corrected chi connectivity index (χ1v) is 6.76. The van der Waals surface area contributed by atoms with Crippen molar-refractivity contribution in [2.75, 3.05) is 7.11 Å². The molecule has 0 spiro atoms. The highest BCUT2D eigenvalue weighted by Crippen LogP contribution is 2.24. The van der Waals surface area contributed by atoms with Gasteiger partial charge in [0.05, 0.1) is 23.8 Å². The summed E-state index contributed by atoms with van der Waals surface area (Å²) >= 11 is 0. The number of fused-ring (bicyclic) bond motifs is 2. The minimum absolute atomic E-state index is 0.540. The van der Waals surface area contributed by atoms with Crippen molar-refractivity contribution < 1.29 is 9.53 Å². The Hall–Kier alpha value is -3.15. The van der Waals surface area contributed by atoms with E-state index in [1.54, 1.807) is 23.9 Å². The van der Waals surface area contributed by atoms with Crippen LogP contribution in [0, 0.1) is 0 Å². The summed E-state index contributed by atoms with van der Waals surface area (Å²) in [6.45, 7) is 0. The van der Waals surface area contributed by atoms with Crippen LogP contribution in [0.2, 0.25) is 0 Å². The minimum atomic E-state index is 0.540. The molecule has 0 fully saturated rings. The molecule has 2 aromatic carbocycles. The highest BCUT2D eigenvalue weighted by Gasteiger charge is 2.13. The fourth-order valence-electron chi connectivity index (χ4n) is 2.44. The Morgan fingerprint density at radius 1 is 1.14 bits per heavy atom. The summed E-state index contributed by atoms with van der Waals surface area (Å²) in [6.07, 6.45) is 0.790. The maximum atomic E-state index is 11.1. The Morgan fingerprint density at radius 2 is 1.91 bits per heavy atom. The summed E-state index contributed by atoms with van der Waals surface area (Å²) in [5.41, 5.74) is 4.42. The molecule has 4 aromatic rings. The Kier molecular flexibility index (Phi) is 2.69. The third-order valence-electron chi connectivity index (χ3n) is 3.53. The first-order valence-electron chi connectivity index (χ1n) is 6.76. The average molecular weight is 292 g/mol. The van der Waals surface area contributed by atoms with E-state index in [0.29, 0.717) is 17.0 Å². The number of H-pyrrole nitrogens is 1. The Morgan fingerprint density at radius 3 is 2.64 bits per heavy atom. The van der Waals surface area contributed by atoms with Crippen molar-refractivity contribution in [3.63, 3.8) is 0 Å². The van der Waals surface area contributed by atoms with Crippen molar-refractivity contribution in [2.45, 2.75) is 0 Å². The number of hydrogen-bond donors (Lipinski definition) is 1. The van der Waals surface area contributed by atoms with E-state index in [0.717, 1.165) is 28.7 Å². The Labute approximate surface area is 125 Å². The van der Waals surface area contributed by atoms with Gasteiger partial charge in [-0.15, -0.1) is 0 Å². The largest absolute Gasteiger partial charge is 0.497 e. The first kappa shape index (κ1) is 12.6. The number of methoxy groups -OCH3 is 1. The number of ether oxygens (including phenoxy) is 1. The Bertz CT molecular complexity index is 1000. The molecular weight excluding hydrogens is 280 g/mol. The lowest BCUT2D eigenvalue weighted by Crippen LogP contribution is -2.12. The molecule has 4 rings (SSSR count). The SMILES string of the molecule is COc1cc(C=O)cc(-n2[nH]c3nc4ccccc4nc32)c1. The van der Waals surface area contributed by atoms with E-state index in [2.05, 4.69) is 15.1 Å². The van der Waals surface area contributed by atoms with Crippen molar-refractivity contribution in [1.82, 2.24) is 19.7 Å². The van der Waals surface area contributed by atoms with E-state index in [1.165, 1.54) is 0 Å². The van der Waals surface area contributed by atoms with Gasteiger partial charge in [0.15, 0.2) is 11.3 Å². The van der Waals surface area contributed by atoms with Gasteiger partial charge in [-0.05, 0) is 24.3 Å². The van der Waals surface area contributed by atoms with Crippen molar-refractivity contribution in [3.8, 4) is 11.4 Å². The van der Waals surface area contributed by atoms with Crippen molar-refractivity contribution in [1.29, 1.82) is 0 Å². The third-order valence-corrected chi connectivity index (χ3v) is 3.53. The van der Waals surface area contributed by atoms with Crippen molar-refractivity contribution >= 4 is 28.6 Å². The number of carbonyl (C=O) groups excluding carboxylic acids is 1. The molecule has 0 atom stereocenters.